The highest BCUT2D eigenvalue weighted by Crippen LogP contribution is 2.16. The van der Waals surface area contributed by atoms with Crippen LogP contribution in [0.15, 0.2) is 24.3 Å². The third kappa shape index (κ3) is 3.16. The molecule has 0 unspecified atom stereocenters. The van der Waals surface area contributed by atoms with Crippen LogP contribution in [0.25, 0.3) is 0 Å². The Balaban J connectivity index is 1.62. The van der Waals surface area contributed by atoms with Crippen LogP contribution < -0.4 is 10.6 Å². The van der Waals surface area contributed by atoms with Gasteiger partial charge in [0, 0.05) is 24.5 Å². The summed E-state index contributed by atoms with van der Waals surface area (Å²) in [5.74, 6) is 0.501. The number of hydrogen-bond donors (Lipinski definition) is 4. The van der Waals surface area contributed by atoms with Crippen molar-refractivity contribution in [2.24, 2.45) is 5.92 Å². The largest absolute Gasteiger partial charge is 0.389 e. The second kappa shape index (κ2) is 5.78. The van der Waals surface area contributed by atoms with Gasteiger partial charge in [-0.3, -0.25) is 0 Å². The molecular weight excluding hydrogens is 216 g/mol. The van der Waals surface area contributed by atoms with Crippen molar-refractivity contribution in [2.75, 3.05) is 13.1 Å². The first-order valence-electron chi connectivity index (χ1n) is 6.36. The first-order chi connectivity index (χ1) is 8.18. The monoisotopic (exact) mass is 238 g/mol. The minimum atomic E-state index is -0.641. The zero-order chi connectivity index (χ0) is 12.3. The number of allylic oxidation sites excluding steroid dienone is 2. The van der Waals surface area contributed by atoms with Gasteiger partial charge in [0.05, 0.1) is 12.2 Å². The predicted octanol–water partition coefficient (Wildman–Crippen LogP) is -0.210. The molecule has 0 aromatic carbocycles. The summed E-state index contributed by atoms with van der Waals surface area (Å²) in [6.45, 7) is 3.69. The van der Waals surface area contributed by atoms with E-state index in [0.717, 1.165) is 19.5 Å². The lowest BCUT2D eigenvalue weighted by Crippen LogP contribution is -2.36. The average Bonchev–Trinajstić information content (AvgIpc) is 2.90. The smallest absolute Gasteiger partial charge is 0.0967 e. The van der Waals surface area contributed by atoms with Crippen LogP contribution >= 0.6 is 0 Å². The minimum Gasteiger partial charge on any atom is -0.389 e. The van der Waals surface area contributed by atoms with Gasteiger partial charge in [0.25, 0.3) is 0 Å². The Morgan fingerprint density at radius 3 is 2.47 bits per heavy atom. The molecule has 17 heavy (non-hydrogen) atoms. The summed E-state index contributed by atoms with van der Waals surface area (Å²) in [4.78, 5) is 0. The molecule has 1 fully saturated rings. The summed E-state index contributed by atoms with van der Waals surface area (Å²) in [7, 11) is 0. The lowest BCUT2D eigenvalue weighted by Gasteiger charge is -2.16. The summed E-state index contributed by atoms with van der Waals surface area (Å²) >= 11 is 0. The van der Waals surface area contributed by atoms with Gasteiger partial charge >= 0.3 is 0 Å². The van der Waals surface area contributed by atoms with E-state index in [9.17, 15) is 10.2 Å². The van der Waals surface area contributed by atoms with Crippen LogP contribution in [0.5, 0.6) is 0 Å². The molecule has 1 aliphatic carbocycles. The molecule has 1 saturated heterocycles. The molecule has 4 nitrogen and oxygen atoms in total. The number of aliphatic hydroxyl groups excluding tert-OH is 2. The Kier molecular flexibility index (Phi) is 4.34. The van der Waals surface area contributed by atoms with Crippen LogP contribution in [0.2, 0.25) is 0 Å². The standard InChI is InChI=1S/C13H22N2O2/c1-9-12(16)13(17)11(15-9)6-7-14-8-10-4-2-3-5-10/h2-5,9-17H,6-8H2,1H3/t9-,11-,12+,13-/m0/s1. The molecule has 0 aromatic rings. The summed E-state index contributed by atoms with van der Waals surface area (Å²) in [5, 5.41) is 26.0. The van der Waals surface area contributed by atoms with E-state index in [-0.39, 0.29) is 12.1 Å². The number of hydrogen-bond acceptors (Lipinski definition) is 4. The van der Waals surface area contributed by atoms with Gasteiger partial charge in [0.1, 0.15) is 0 Å². The molecule has 96 valence electrons. The fraction of sp³-hybridized carbons (Fsp3) is 0.692. The van der Waals surface area contributed by atoms with E-state index in [1.165, 1.54) is 0 Å². The van der Waals surface area contributed by atoms with Crippen molar-refractivity contribution in [1.29, 1.82) is 0 Å². The minimum absolute atomic E-state index is 0.00200. The highest BCUT2D eigenvalue weighted by molar-refractivity contribution is 5.17. The maximum atomic E-state index is 9.78. The van der Waals surface area contributed by atoms with Gasteiger partial charge in [-0.05, 0) is 19.9 Å². The van der Waals surface area contributed by atoms with E-state index in [0.29, 0.717) is 5.92 Å². The van der Waals surface area contributed by atoms with Crippen LogP contribution in [0.1, 0.15) is 13.3 Å². The first-order valence-corrected chi connectivity index (χ1v) is 6.36. The van der Waals surface area contributed by atoms with Crippen molar-refractivity contribution < 1.29 is 10.2 Å². The van der Waals surface area contributed by atoms with Crippen molar-refractivity contribution in [3.8, 4) is 0 Å². The third-order valence-corrected chi connectivity index (χ3v) is 3.59. The second-order valence-electron chi connectivity index (χ2n) is 4.97. The van der Waals surface area contributed by atoms with E-state index >= 15 is 0 Å². The van der Waals surface area contributed by atoms with Gasteiger partial charge < -0.3 is 20.8 Å². The first kappa shape index (κ1) is 12.8. The Morgan fingerprint density at radius 2 is 1.88 bits per heavy atom. The van der Waals surface area contributed by atoms with E-state index in [4.69, 9.17) is 0 Å². The lowest BCUT2D eigenvalue weighted by molar-refractivity contribution is 0.0293. The molecule has 1 heterocycles. The van der Waals surface area contributed by atoms with Crippen LogP contribution in [0.4, 0.5) is 0 Å². The van der Waals surface area contributed by atoms with Crippen molar-refractivity contribution >= 4 is 0 Å². The Hall–Kier alpha value is -0.680. The molecule has 2 aliphatic rings. The van der Waals surface area contributed by atoms with Gasteiger partial charge in [-0.15, -0.1) is 0 Å². The zero-order valence-corrected chi connectivity index (χ0v) is 10.2. The number of nitrogens with one attached hydrogen (secondary N) is 2. The molecule has 4 atom stereocenters. The third-order valence-electron chi connectivity index (χ3n) is 3.59. The molecule has 0 bridgehead atoms. The molecule has 0 saturated carbocycles. The summed E-state index contributed by atoms with van der Waals surface area (Å²) in [6, 6.07) is -0.0159. The van der Waals surface area contributed by atoms with Crippen molar-refractivity contribution in [3.63, 3.8) is 0 Å². The van der Waals surface area contributed by atoms with Crippen molar-refractivity contribution in [1.82, 2.24) is 10.6 Å². The SMILES string of the molecule is C[C@@H]1N[C@@H](CCNCC2C=CC=C2)[C@H](O)[C@@H]1O. The van der Waals surface area contributed by atoms with E-state index in [1.807, 2.05) is 6.92 Å². The summed E-state index contributed by atoms with van der Waals surface area (Å²) in [5.41, 5.74) is 0. The van der Waals surface area contributed by atoms with Crippen molar-refractivity contribution in [3.05, 3.63) is 24.3 Å². The van der Waals surface area contributed by atoms with Gasteiger partial charge in [0.15, 0.2) is 0 Å². The molecule has 4 N–H and O–H groups in total. The highest BCUT2D eigenvalue weighted by atomic mass is 16.3. The zero-order valence-electron chi connectivity index (χ0n) is 10.2. The molecule has 1 aliphatic heterocycles. The van der Waals surface area contributed by atoms with Gasteiger partial charge in [-0.25, -0.2) is 0 Å². The van der Waals surface area contributed by atoms with Crippen LogP contribution in [0, 0.1) is 5.92 Å². The molecule has 0 aromatic heterocycles. The lowest BCUT2D eigenvalue weighted by atomic mass is 10.1. The molecule has 0 spiro atoms. The van der Waals surface area contributed by atoms with Crippen LogP contribution in [0.3, 0.4) is 0 Å². The maximum Gasteiger partial charge on any atom is 0.0967 e. The fourth-order valence-electron chi connectivity index (χ4n) is 2.46. The maximum absolute atomic E-state index is 9.78. The Labute approximate surface area is 102 Å². The molecule has 0 radical (unpaired) electrons. The summed E-state index contributed by atoms with van der Waals surface area (Å²) < 4.78 is 0. The van der Waals surface area contributed by atoms with E-state index < -0.39 is 12.2 Å². The van der Waals surface area contributed by atoms with Gasteiger partial charge in [-0.1, -0.05) is 24.3 Å². The van der Waals surface area contributed by atoms with Gasteiger partial charge in [0.2, 0.25) is 0 Å². The van der Waals surface area contributed by atoms with Crippen LogP contribution in [-0.2, 0) is 0 Å². The topological polar surface area (TPSA) is 64.5 Å². The van der Waals surface area contributed by atoms with Crippen molar-refractivity contribution in [2.45, 2.75) is 37.6 Å². The van der Waals surface area contributed by atoms with E-state index in [2.05, 4.69) is 34.9 Å². The quantitative estimate of drug-likeness (QED) is 0.501. The highest BCUT2D eigenvalue weighted by Gasteiger charge is 2.37. The molecule has 0 amide bonds. The predicted molar refractivity (Wildman–Crippen MR) is 67.7 cm³/mol. The Bertz CT molecular complexity index is 292. The molecular formula is C13H22N2O2. The van der Waals surface area contributed by atoms with E-state index in [1.54, 1.807) is 0 Å². The van der Waals surface area contributed by atoms with Gasteiger partial charge in [-0.2, -0.15) is 0 Å². The molecule has 4 heteroatoms. The fourth-order valence-corrected chi connectivity index (χ4v) is 2.46. The average molecular weight is 238 g/mol. The number of rotatable bonds is 5. The normalized spacial score (nSPS) is 37.1. The Morgan fingerprint density at radius 1 is 1.18 bits per heavy atom. The number of aliphatic hydroxyl groups is 2. The second-order valence-corrected chi connectivity index (χ2v) is 4.97. The molecule has 2 rings (SSSR count). The summed E-state index contributed by atoms with van der Waals surface area (Å²) in [6.07, 6.45) is 8.02. The van der Waals surface area contributed by atoms with Crippen LogP contribution in [-0.4, -0.2) is 47.6 Å².